The Kier molecular flexibility index (Phi) is 5.75. The van der Waals surface area contributed by atoms with Crippen LogP contribution in [-0.2, 0) is 0 Å². The number of H-pyrrole nitrogens is 1. The van der Waals surface area contributed by atoms with Gasteiger partial charge in [-0.15, -0.1) is 0 Å². The van der Waals surface area contributed by atoms with Crippen molar-refractivity contribution in [1.29, 1.82) is 0 Å². The number of hydrogen-bond donors (Lipinski definition) is 3. The molecule has 0 saturated heterocycles. The average molecular weight is 375 g/mol. The number of aliphatic hydroxyl groups excluding tert-OH is 1. The molecule has 0 aliphatic heterocycles. The molecular formula is C23H23N2O3. The molecule has 0 aliphatic carbocycles. The molecule has 5 nitrogen and oxygen atoms in total. The lowest BCUT2D eigenvalue weighted by atomic mass is 10.1. The summed E-state index contributed by atoms with van der Waals surface area (Å²) in [5.41, 5.74) is 2.10. The van der Waals surface area contributed by atoms with Crippen LogP contribution in [0.2, 0.25) is 0 Å². The van der Waals surface area contributed by atoms with E-state index < -0.39 is 6.10 Å². The van der Waals surface area contributed by atoms with Crippen molar-refractivity contribution in [3.05, 3.63) is 72.8 Å². The van der Waals surface area contributed by atoms with Crippen molar-refractivity contribution in [2.45, 2.75) is 6.10 Å². The van der Waals surface area contributed by atoms with E-state index in [0.29, 0.717) is 19.7 Å². The fraction of sp³-hybridized carbons (Fsp3) is 0.217. The highest BCUT2D eigenvalue weighted by Gasteiger charge is 2.11. The Labute approximate surface area is 163 Å². The van der Waals surface area contributed by atoms with Crippen molar-refractivity contribution < 1.29 is 14.6 Å². The molecule has 143 valence electrons. The van der Waals surface area contributed by atoms with Crippen molar-refractivity contribution in [1.82, 2.24) is 10.3 Å². The minimum Gasteiger partial charge on any atom is -0.492 e. The first-order valence-corrected chi connectivity index (χ1v) is 9.42. The van der Waals surface area contributed by atoms with E-state index in [2.05, 4.69) is 22.4 Å². The Morgan fingerprint density at radius 1 is 0.964 bits per heavy atom. The summed E-state index contributed by atoms with van der Waals surface area (Å²) in [5.74, 6) is 1.50. The standard InChI is InChI=1S/C23H23N2O3/c26-17(15-24-13-14-27-18-7-2-1-3-8-18)16-28-22-12-6-11-21-23(22)19-9-4-5-10-20(19)25-21/h1-7,9-12,17,24-26H,13-16H2. The van der Waals surface area contributed by atoms with Crippen LogP contribution in [0.5, 0.6) is 11.5 Å². The molecule has 0 bridgehead atoms. The zero-order chi connectivity index (χ0) is 19.2. The number of benzene rings is 3. The Morgan fingerprint density at radius 3 is 2.71 bits per heavy atom. The van der Waals surface area contributed by atoms with E-state index in [4.69, 9.17) is 9.47 Å². The molecule has 0 fully saturated rings. The average Bonchev–Trinajstić information content (AvgIpc) is 3.12. The third-order valence-electron chi connectivity index (χ3n) is 4.52. The molecule has 4 aromatic rings. The molecule has 0 amide bonds. The molecule has 5 heteroatoms. The van der Waals surface area contributed by atoms with Crippen LogP contribution in [0.25, 0.3) is 21.8 Å². The predicted octanol–water partition coefficient (Wildman–Crippen LogP) is 3.53. The van der Waals surface area contributed by atoms with Crippen LogP contribution < -0.4 is 14.8 Å². The van der Waals surface area contributed by atoms with Gasteiger partial charge in [0.1, 0.15) is 30.8 Å². The molecule has 3 aromatic carbocycles. The second-order valence-electron chi connectivity index (χ2n) is 6.59. The highest BCUT2D eigenvalue weighted by atomic mass is 16.5. The van der Waals surface area contributed by atoms with Crippen molar-refractivity contribution in [2.24, 2.45) is 0 Å². The molecule has 0 spiro atoms. The topological polar surface area (TPSA) is 66.5 Å². The van der Waals surface area contributed by atoms with Crippen LogP contribution in [0, 0.1) is 6.07 Å². The summed E-state index contributed by atoms with van der Waals surface area (Å²) in [6.45, 7) is 1.81. The van der Waals surface area contributed by atoms with E-state index in [1.165, 1.54) is 0 Å². The summed E-state index contributed by atoms with van der Waals surface area (Å²) in [4.78, 5) is 3.40. The summed E-state index contributed by atoms with van der Waals surface area (Å²) >= 11 is 0. The van der Waals surface area contributed by atoms with Gasteiger partial charge in [0.25, 0.3) is 0 Å². The number of aliphatic hydroxyl groups is 1. The van der Waals surface area contributed by atoms with Gasteiger partial charge in [-0.2, -0.15) is 0 Å². The van der Waals surface area contributed by atoms with E-state index in [-0.39, 0.29) is 6.61 Å². The molecule has 1 atom stereocenters. The molecular weight excluding hydrogens is 352 g/mol. The molecule has 1 aromatic heterocycles. The number of ether oxygens (including phenoxy) is 2. The highest BCUT2D eigenvalue weighted by molar-refractivity contribution is 6.10. The van der Waals surface area contributed by atoms with E-state index in [9.17, 15) is 5.11 Å². The molecule has 0 aliphatic rings. The lowest BCUT2D eigenvalue weighted by molar-refractivity contribution is 0.106. The van der Waals surface area contributed by atoms with E-state index in [1.54, 1.807) is 0 Å². The maximum absolute atomic E-state index is 10.2. The lowest BCUT2D eigenvalue weighted by Crippen LogP contribution is -2.33. The number of para-hydroxylation sites is 2. The molecule has 1 radical (unpaired) electrons. The van der Waals surface area contributed by atoms with Gasteiger partial charge in [-0.3, -0.25) is 0 Å². The van der Waals surface area contributed by atoms with Crippen molar-refractivity contribution in [3.8, 4) is 11.5 Å². The van der Waals surface area contributed by atoms with Gasteiger partial charge < -0.3 is 24.9 Å². The minimum atomic E-state index is -0.608. The second kappa shape index (κ2) is 8.78. The zero-order valence-electron chi connectivity index (χ0n) is 15.5. The number of nitrogens with one attached hydrogen (secondary N) is 2. The summed E-state index contributed by atoms with van der Waals surface area (Å²) < 4.78 is 11.5. The van der Waals surface area contributed by atoms with Crippen LogP contribution in [0.1, 0.15) is 0 Å². The largest absolute Gasteiger partial charge is 0.492 e. The van der Waals surface area contributed by atoms with Gasteiger partial charge in [-0.1, -0.05) is 42.5 Å². The quantitative estimate of drug-likeness (QED) is 0.392. The summed E-state index contributed by atoms with van der Waals surface area (Å²) in [5, 5.41) is 15.6. The van der Waals surface area contributed by atoms with Gasteiger partial charge in [0.15, 0.2) is 0 Å². The smallest absolute Gasteiger partial charge is 0.129 e. The number of aromatic amines is 1. The number of hydrogen-bond acceptors (Lipinski definition) is 4. The van der Waals surface area contributed by atoms with Gasteiger partial charge in [-0.05, 0) is 24.3 Å². The Bertz CT molecular complexity index is 1030. The molecule has 1 unspecified atom stereocenters. The molecule has 4 rings (SSSR count). The van der Waals surface area contributed by atoms with Gasteiger partial charge >= 0.3 is 0 Å². The number of aromatic nitrogens is 1. The summed E-state index contributed by atoms with van der Waals surface area (Å²) in [6.07, 6.45) is -0.608. The second-order valence-corrected chi connectivity index (χ2v) is 6.59. The Hall–Kier alpha value is -3.02. The van der Waals surface area contributed by atoms with Crippen LogP contribution in [0.4, 0.5) is 0 Å². The third-order valence-corrected chi connectivity index (χ3v) is 4.52. The SMILES string of the molecule is OC(CNCCOc1[c]cccc1)COc1cccc2[nH]c3ccccc3c12. The Balaban J connectivity index is 1.27. The molecule has 1 heterocycles. The van der Waals surface area contributed by atoms with Crippen LogP contribution in [-0.4, -0.2) is 42.5 Å². The summed E-state index contributed by atoms with van der Waals surface area (Å²) in [6, 6.07) is 24.6. The lowest BCUT2D eigenvalue weighted by Gasteiger charge is -2.14. The van der Waals surface area contributed by atoms with Crippen molar-refractivity contribution in [3.63, 3.8) is 0 Å². The number of fused-ring (bicyclic) bond motifs is 3. The maximum Gasteiger partial charge on any atom is 0.129 e. The van der Waals surface area contributed by atoms with Crippen LogP contribution >= 0.6 is 0 Å². The van der Waals surface area contributed by atoms with Gasteiger partial charge in [0.2, 0.25) is 0 Å². The number of rotatable bonds is 9. The van der Waals surface area contributed by atoms with Crippen LogP contribution in [0.15, 0.2) is 66.7 Å². The fourth-order valence-corrected chi connectivity index (χ4v) is 3.20. The fourth-order valence-electron chi connectivity index (χ4n) is 3.20. The first-order valence-electron chi connectivity index (χ1n) is 9.42. The van der Waals surface area contributed by atoms with Gasteiger partial charge in [0, 0.05) is 35.4 Å². The first kappa shape index (κ1) is 18.3. The Morgan fingerprint density at radius 2 is 1.82 bits per heavy atom. The normalized spacial score (nSPS) is 12.3. The van der Waals surface area contributed by atoms with Gasteiger partial charge in [0.05, 0.1) is 5.52 Å². The minimum absolute atomic E-state index is 0.221. The van der Waals surface area contributed by atoms with E-state index >= 15 is 0 Å². The van der Waals surface area contributed by atoms with Crippen LogP contribution in [0.3, 0.4) is 0 Å². The first-order chi connectivity index (χ1) is 13.8. The summed E-state index contributed by atoms with van der Waals surface area (Å²) in [7, 11) is 0. The maximum atomic E-state index is 10.2. The van der Waals surface area contributed by atoms with Crippen molar-refractivity contribution >= 4 is 21.8 Å². The van der Waals surface area contributed by atoms with E-state index in [1.807, 2.05) is 60.7 Å². The molecule has 3 N–H and O–H groups in total. The molecule has 0 saturated carbocycles. The third kappa shape index (κ3) is 4.27. The van der Waals surface area contributed by atoms with E-state index in [0.717, 1.165) is 33.3 Å². The van der Waals surface area contributed by atoms with Crippen molar-refractivity contribution in [2.75, 3.05) is 26.3 Å². The van der Waals surface area contributed by atoms with Gasteiger partial charge in [-0.25, -0.2) is 0 Å². The highest BCUT2D eigenvalue weighted by Crippen LogP contribution is 2.32. The monoisotopic (exact) mass is 375 g/mol. The predicted molar refractivity (Wildman–Crippen MR) is 111 cm³/mol. The molecule has 28 heavy (non-hydrogen) atoms. The zero-order valence-corrected chi connectivity index (χ0v) is 15.5.